The number of carbonyl (C=O) groups is 2. The topological polar surface area (TPSA) is 58.6 Å². The quantitative estimate of drug-likeness (QED) is 0.430. The fourth-order valence-corrected chi connectivity index (χ4v) is 5.09. The van der Waals surface area contributed by atoms with Crippen molar-refractivity contribution in [2.75, 3.05) is 11.5 Å². The maximum atomic E-state index is 15.1. The summed E-state index contributed by atoms with van der Waals surface area (Å²) in [5, 5.41) is 4.99. The first kappa shape index (κ1) is 24.0. The van der Waals surface area contributed by atoms with Gasteiger partial charge in [0.15, 0.2) is 0 Å². The summed E-state index contributed by atoms with van der Waals surface area (Å²) in [7, 11) is 0. The molecule has 4 rings (SSSR count). The SMILES string of the molecule is CCOc1ccc(N(C(=O)Cc2cccs2)C(C(=O)NC2CCCC2)c2ccccc2F)cc1. The maximum absolute atomic E-state index is 15.1. The van der Waals surface area contributed by atoms with E-state index in [1.54, 1.807) is 42.5 Å². The summed E-state index contributed by atoms with van der Waals surface area (Å²) >= 11 is 1.48. The number of benzene rings is 2. The number of hydrogen-bond donors (Lipinski definition) is 1. The van der Waals surface area contributed by atoms with Crippen molar-refractivity contribution in [3.63, 3.8) is 0 Å². The van der Waals surface area contributed by atoms with E-state index in [1.165, 1.54) is 22.3 Å². The van der Waals surface area contributed by atoms with Crippen molar-refractivity contribution >= 4 is 28.8 Å². The van der Waals surface area contributed by atoms with Crippen molar-refractivity contribution < 1.29 is 18.7 Å². The van der Waals surface area contributed by atoms with E-state index >= 15 is 4.39 Å². The Labute approximate surface area is 203 Å². The van der Waals surface area contributed by atoms with Crippen molar-refractivity contribution in [3.05, 3.63) is 82.3 Å². The molecule has 1 N–H and O–H groups in total. The Bertz CT molecular complexity index is 1100. The molecule has 1 atom stereocenters. The van der Waals surface area contributed by atoms with Gasteiger partial charge in [-0.15, -0.1) is 11.3 Å². The highest BCUT2D eigenvalue weighted by Crippen LogP contribution is 2.32. The predicted octanol–water partition coefficient (Wildman–Crippen LogP) is 5.66. The average molecular weight is 481 g/mol. The van der Waals surface area contributed by atoms with Gasteiger partial charge in [0.05, 0.1) is 13.0 Å². The van der Waals surface area contributed by atoms with Crippen molar-refractivity contribution in [3.8, 4) is 5.75 Å². The Morgan fingerprint density at radius 2 is 1.82 bits per heavy atom. The van der Waals surface area contributed by atoms with Crippen LogP contribution in [0.5, 0.6) is 5.75 Å². The molecule has 178 valence electrons. The van der Waals surface area contributed by atoms with Gasteiger partial charge in [-0.1, -0.05) is 37.1 Å². The van der Waals surface area contributed by atoms with E-state index in [1.807, 2.05) is 24.4 Å². The molecule has 7 heteroatoms. The van der Waals surface area contributed by atoms with Crippen LogP contribution < -0.4 is 15.0 Å². The number of amides is 2. The largest absolute Gasteiger partial charge is 0.494 e. The molecule has 0 saturated heterocycles. The second-order valence-corrected chi connectivity index (χ2v) is 9.39. The summed E-state index contributed by atoms with van der Waals surface area (Å²) < 4.78 is 20.6. The minimum atomic E-state index is -1.13. The monoisotopic (exact) mass is 480 g/mol. The van der Waals surface area contributed by atoms with Crippen LogP contribution in [-0.2, 0) is 16.0 Å². The van der Waals surface area contributed by atoms with Gasteiger partial charge in [0.2, 0.25) is 11.8 Å². The molecule has 1 aliphatic carbocycles. The van der Waals surface area contributed by atoms with Crippen LogP contribution >= 0.6 is 11.3 Å². The van der Waals surface area contributed by atoms with Crippen LogP contribution in [0.1, 0.15) is 49.1 Å². The van der Waals surface area contributed by atoms with Crippen LogP contribution in [0.3, 0.4) is 0 Å². The molecule has 5 nitrogen and oxygen atoms in total. The molecular weight excluding hydrogens is 451 g/mol. The van der Waals surface area contributed by atoms with E-state index in [9.17, 15) is 9.59 Å². The maximum Gasteiger partial charge on any atom is 0.248 e. The standard InChI is InChI=1S/C27H29FN2O3S/c1-2-33-21-15-13-20(14-16-21)30(25(31)18-22-10-7-17-34-22)26(23-11-5-6-12-24(23)28)27(32)29-19-8-3-4-9-19/h5-7,10-17,19,26H,2-4,8-9,18H2,1H3,(H,29,32). The summed E-state index contributed by atoms with van der Waals surface area (Å²) in [5.74, 6) is -0.504. The summed E-state index contributed by atoms with van der Waals surface area (Å²) in [5.41, 5.74) is 0.686. The van der Waals surface area contributed by atoms with Gasteiger partial charge in [0.1, 0.15) is 17.6 Å². The second-order valence-electron chi connectivity index (χ2n) is 8.36. The Morgan fingerprint density at radius 1 is 1.09 bits per heavy atom. The number of carbonyl (C=O) groups excluding carboxylic acids is 2. The van der Waals surface area contributed by atoms with Crippen LogP contribution in [-0.4, -0.2) is 24.5 Å². The van der Waals surface area contributed by atoms with Crippen LogP contribution in [0, 0.1) is 5.82 Å². The lowest BCUT2D eigenvalue weighted by Crippen LogP contribution is -2.47. The number of nitrogens with zero attached hydrogens (tertiary/aromatic N) is 1. The van der Waals surface area contributed by atoms with Gasteiger partial charge in [-0.3, -0.25) is 14.5 Å². The Balaban J connectivity index is 1.76. The van der Waals surface area contributed by atoms with E-state index in [-0.39, 0.29) is 29.8 Å². The zero-order valence-corrected chi connectivity index (χ0v) is 20.0. The summed E-state index contributed by atoms with van der Waals surface area (Å²) in [4.78, 5) is 29.6. The van der Waals surface area contributed by atoms with Crippen molar-refractivity contribution in [1.82, 2.24) is 5.32 Å². The second kappa shape index (κ2) is 11.3. The molecule has 0 aliphatic heterocycles. The first-order chi connectivity index (χ1) is 16.6. The Kier molecular flexibility index (Phi) is 7.95. The first-order valence-electron chi connectivity index (χ1n) is 11.7. The molecule has 1 aliphatic rings. The highest BCUT2D eigenvalue weighted by Gasteiger charge is 2.35. The van der Waals surface area contributed by atoms with Gasteiger partial charge in [-0.05, 0) is 61.5 Å². The molecule has 1 unspecified atom stereocenters. The average Bonchev–Trinajstić information content (AvgIpc) is 3.53. The molecule has 3 aromatic rings. The molecule has 1 heterocycles. The van der Waals surface area contributed by atoms with Crippen molar-refractivity contribution in [2.24, 2.45) is 0 Å². The van der Waals surface area contributed by atoms with Gasteiger partial charge >= 0.3 is 0 Å². The van der Waals surface area contributed by atoms with Crippen LogP contribution in [0.15, 0.2) is 66.0 Å². The third-order valence-corrected chi connectivity index (χ3v) is 6.88. The number of anilines is 1. The molecular formula is C27H29FN2O3S. The molecule has 0 bridgehead atoms. The van der Waals surface area contributed by atoms with Crippen LogP contribution in [0.25, 0.3) is 0 Å². The van der Waals surface area contributed by atoms with Crippen LogP contribution in [0.2, 0.25) is 0 Å². The molecule has 1 saturated carbocycles. The fourth-order valence-electron chi connectivity index (χ4n) is 4.40. The molecule has 0 radical (unpaired) electrons. The molecule has 0 spiro atoms. The number of halogens is 1. The molecule has 2 amide bonds. The molecule has 2 aromatic carbocycles. The number of thiophene rings is 1. The van der Waals surface area contributed by atoms with Gasteiger partial charge in [-0.25, -0.2) is 4.39 Å². The Morgan fingerprint density at radius 3 is 2.47 bits per heavy atom. The zero-order chi connectivity index (χ0) is 23.9. The van der Waals surface area contributed by atoms with Crippen molar-refractivity contribution in [1.29, 1.82) is 0 Å². The van der Waals surface area contributed by atoms with E-state index in [2.05, 4.69) is 5.32 Å². The molecule has 1 fully saturated rings. The number of hydrogen-bond acceptors (Lipinski definition) is 4. The Hall–Kier alpha value is -3.19. The van der Waals surface area contributed by atoms with Gasteiger partial charge < -0.3 is 10.1 Å². The molecule has 34 heavy (non-hydrogen) atoms. The predicted molar refractivity (Wildman–Crippen MR) is 133 cm³/mol. The van der Waals surface area contributed by atoms with E-state index in [0.717, 1.165) is 30.6 Å². The fraction of sp³-hybridized carbons (Fsp3) is 0.333. The number of nitrogens with one attached hydrogen (secondary N) is 1. The van der Waals surface area contributed by atoms with Gasteiger partial charge in [-0.2, -0.15) is 0 Å². The lowest BCUT2D eigenvalue weighted by Gasteiger charge is -2.32. The van der Waals surface area contributed by atoms with Gasteiger partial charge in [0, 0.05) is 22.2 Å². The third-order valence-electron chi connectivity index (χ3n) is 6.01. The lowest BCUT2D eigenvalue weighted by molar-refractivity contribution is -0.127. The summed E-state index contributed by atoms with van der Waals surface area (Å²) in [6, 6.07) is 15.9. The minimum absolute atomic E-state index is 0.0383. The van der Waals surface area contributed by atoms with Crippen LogP contribution in [0.4, 0.5) is 10.1 Å². The number of ether oxygens (including phenoxy) is 1. The minimum Gasteiger partial charge on any atom is -0.494 e. The summed E-state index contributed by atoms with van der Waals surface area (Å²) in [6.45, 7) is 2.41. The zero-order valence-electron chi connectivity index (χ0n) is 19.2. The normalized spacial score (nSPS) is 14.5. The highest BCUT2D eigenvalue weighted by molar-refractivity contribution is 7.10. The molecule has 1 aromatic heterocycles. The van der Waals surface area contributed by atoms with Gasteiger partial charge in [0.25, 0.3) is 0 Å². The lowest BCUT2D eigenvalue weighted by atomic mass is 10.0. The first-order valence-corrected chi connectivity index (χ1v) is 12.6. The smallest absolute Gasteiger partial charge is 0.248 e. The van der Waals surface area contributed by atoms with E-state index in [4.69, 9.17) is 4.74 Å². The van der Waals surface area contributed by atoms with E-state index in [0.29, 0.717) is 18.0 Å². The van der Waals surface area contributed by atoms with E-state index < -0.39 is 11.9 Å². The summed E-state index contributed by atoms with van der Waals surface area (Å²) in [6.07, 6.45) is 4.00. The third kappa shape index (κ3) is 5.65. The number of rotatable bonds is 9. The highest BCUT2D eigenvalue weighted by atomic mass is 32.1. The van der Waals surface area contributed by atoms with Crippen molar-refractivity contribution in [2.45, 2.75) is 51.1 Å².